The number of nitrogens with one attached hydrogen (secondary N) is 1. The second kappa shape index (κ2) is 4.45. The van der Waals surface area contributed by atoms with Crippen LogP contribution in [-0.4, -0.2) is 15.8 Å². The van der Waals surface area contributed by atoms with Gasteiger partial charge in [-0.3, -0.25) is 4.79 Å². The minimum Gasteiger partial charge on any atom is -0.360 e. The molecular weight excluding hydrogens is 289 g/mol. The molecule has 2 aromatic heterocycles. The zero-order valence-corrected chi connectivity index (χ0v) is 10.7. The van der Waals surface area contributed by atoms with E-state index in [1.54, 1.807) is 24.3 Å². The molecule has 3 aromatic rings. The standard InChI is InChI=1S/C13H7F3N2OS/c14-13(15,16)10-6-20-12(18-10)11(19)8-5-17-9-4-2-1-3-7(8)9/h1-6,17H. The predicted octanol–water partition coefficient (Wildman–Crippen LogP) is 3.87. The van der Waals surface area contributed by atoms with Crippen LogP contribution in [0.25, 0.3) is 10.9 Å². The van der Waals surface area contributed by atoms with Crippen LogP contribution in [-0.2, 0) is 6.18 Å². The van der Waals surface area contributed by atoms with Gasteiger partial charge < -0.3 is 4.98 Å². The van der Waals surface area contributed by atoms with Crippen LogP contribution in [0.3, 0.4) is 0 Å². The normalized spacial score (nSPS) is 11.9. The summed E-state index contributed by atoms with van der Waals surface area (Å²) in [6.45, 7) is 0. The number of para-hydroxylation sites is 1. The topological polar surface area (TPSA) is 45.8 Å². The molecule has 0 saturated heterocycles. The summed E-state index contributed by atoms with van der Waals surface area (Å²) in [4.78, 5) is 18.5. The zero-order chi connectivity index (χ0) is 14.3. The lowest BCUT2D eigenvalue weighted by molar-refractivity contribution is -0.140. The monoisotopic (exact) mass is 296 g/mol. The third-order valence-electron chi connectivity index (χ3n) is 2.82. The number of rotatable bonds is 2. The Morgan fingerprint density at radius 2 is 2.00 bits per heavy atom. The first-order valence-electron chi connectivity index (χ1n) is 5.60. The maximum Gasteiger partial charge on any atom is 0.434 e. The summed E-state index contributed by atoms with van der Waals surface area (Å²) in [7, 11) is 0. The highest BCUT2D eigenvalue weighted by Gasteiger charge is 2.34. The second-order valence-corrected chi connectivity index (χ2v) is 4.97. The number of aromatic amines is 1. The molecule has 0 spiro atoms. The van der Waals surface area contributed by atoms with Crippen molar-refractivity contribution in [2.24, 2.45) is 0 Å². The summed E-state index contributed by atoms with van der Waals surface area (Å²) in [5.74, 6) is -0.511. The van der Waals surface area contributed by atoms with Gasteiger partial charge in [-0.05, 0) is 6.07 Å². The van der Waals surface area contributed by atoms with Crippen LogP contribution >= 0.6 is 11.3 Å². The molecule has 0 fully saturated rings. The molecule has 0 saturated carbocycles. The van der Waals surface area contributed by atoms with Crippen LogP contribution < -0.4 is 0 Å². The van der Waals surface area contributed by atoms with E-state index in [4.69, 9.17) is 0 Å². The highest BCUT2D eigenvalue weighted by atomic mass is 32.1. The lowest BCUT2D eigenvalue weighted by atomic mass is 10.1. The number of halogens is 3. The van der Waals surface area contributed by atoms with Crippen molar-refractivity contribution >= 4 is 28.0 Å². The first kappa shape index (κ1) is 12.9. The Labute approximate surface area is 115 Å². The molecular formula is C13H7F3N2OS. The predicted molar refractivity (Wildman–Crippen MR) is 68.8 cm³/mol. The van der Waals surface area contributed by atoms with Crippen LogP contribution in [0.15, 0.2) is 35.8 Å². The Kier molecular flexibility index (Phi) is 2.86. The SMILES string of the molecule is O=C(c1nc(C(F)(F)F)cs1)c1c[nH]c2ccccc12. The van der Waals surface area contributed by atoms with Gasteiger partial charge in [0.05, 0.1) is 5.56 Å². The van der Waals surface area contributed by atoms with Gasteiger partial charge in [0, 0.05) is 22.5 Å². The smallest absolute Gasteiger partial charge is 0.360 e. The molecule has 0 amide bonds. The van der Waals surface area contributed by atoms with E-state index >= 15 is 0 Å². The highest BCUT2D eigenvalue weighted by Crippen LogP contribution is 2.31. The average Bonchev–Trinajstić information content (AvgIpc) is 3.04. The Morgan fingerprint density at radius 1 is 1.25 bits per heavy atom. The van der Waals surface area contributed by atoms with Crippen LogP contribution in [0.4, 0.5) is 13.2 Å². The fourth-order valence-electron chi connectivity index (χ4n) is 1.88. The van der Waals surface area contributed by atoms with Gasteiger partial charge in [-0.15, -0.1) is 11.3 Å². The number of alkyl halides is 3. The van der Waals surface area contributed by atoms with Gasteiger partial charge in [0.25, 0.3) is 0 Å². The number of fused-ring (bicyclic) bond motifs is 1. The molecule has 0 atom stereocenters. The fourth-order valence-corrected chi connectivity index (χ4v) is 2.66. The van der Waals surface area contributed by atoms with Gasteiger partial charge in [0.2, 0.25) is 5.78 Å². The van der Waals surface area contributed by atoms with Crippen molar-refractivity contribution in [1.82, 2.24) is 9.97 Å². The molecule has 0 unspecified atom stereocenters. The van der Waals surface area contributed by atoms with E-state index in [1.807, 2.05) is 0 Å². The van der Waals surface area contributed by atoms with Crippen molar-refractivity contribution in [2.45, 2.75) is 6.18 Å². The van der Waals surface area contributed by atoms with Crippen LogP contribution in [0.2, 0.25) is 0 Å². The molecule has 1 N–H and O–H groups in total. The molecule has 7 heteroatoms. The van der Waals surface area contributed by atoms with Crippen molar-refractivity contribution in [3.63, 3.8) is 0 Å². The Morgan fingerprint density at radius 3 is 2.70 bits per heavy atom. The maximum atomic E-state index is 12.5. The van der Waals surface area contributed by atoms with Gasteiger partial charge in [-0.2, -0.15) is 13.2 Å². The highest BCUT2D eigenvalue weighted by molar-refractivity contribution is 7.12. The van der Waals surface area contributed by atoms with E-state index in [2.05, 4.69) is 9.97 Å². The molecule has 3 rings (SSSR count). The fraction of sp³-hybridized carbons (Fsp3) is 0.0769. The summed E-state index contributed by atoms with van der Waals surface area (Å²) in [6.07, 6.45) is -3.04. The van der Waals surface area contributed by atoms with E-state index in [0.29, 0.717) is 22.3 Å². The van der Waals surface area contributed by atoms with Gasteiger partial charge in [-0.1, -0.05) is 18.2 Å². The first-order valence-corrected chi connectivity index (χ1v) is 6.48. The lowest BCUT2D eigenvalue weighted by Gasteiger charge is -1.99. The molecule has 0 aliphatic heterocycles. The number of thiazole rings is 1. The number of carbonyl (C=O) groups excluding carboxylic acids is 1. The van der Waals surface area contributed by atoms with Crippen molar-refractivity contribution in [1.29, 1.82) is 0 Å². The number of benzene rings is 1. The number of hydrogen-bond acceptors (Lipinski definition) is 3. The quantitative estimate of drug-likeness (QED) is 0.730. The molecule has 3 nitrogen and oxygen atoms in total. The van der Waals surface area contributed by atoms with Crippen molar-refractivity contribution in [3.8, 4) is 0 Å². The summed E-state index contributed by atoms with van der Waals surface area (Å²) in [5, 5.41) is 1.35. The van der Waals surface area contributed by atoms with Crippen molar-refractivity contribution < 1.29 is 18.0 Å². The van der Waals surface area contributed by atoms with E-state index < -0.39 is 17.7 Å². The summed E-state index contributed by atoms with van der Waals surface area (Å²) < 4.78 is 37.5. The zero-order valence-electron chi connectivity index (χ0n) is 9.86. The maximum absolute atomic E-state index is 12.5. The number of H-pyrrole nitrogens is 1. The van der Waals surface area contributed by atoms with Gasteiger partial charge in [0.15, 0.2) is 10.7 Å². The minimum absolute atomic E-state index is 0.165. The molecule has 0 aliphatic carbocycles. The molecule has 20 heavy (non-hydrogen) atoms. The molecule has 0 bridgehead atoms. The van der Waals surface area contributed by atoms with Crippen LogP contribution in [0.1, 0.15) is 21.1 Å². The van der Waals surface area contributed by atoms with E-state index in [9.17, 15) is 18.0 Å². The molecule has 0 radical (unpaired) electrons. The largest absolute Gasteiger partial charge is 0.434 e. The summed E-state index contributed by atoms with van der Waals surface area (Å²) in [6, 6.07) is 7.08. The summed E-state index contributed by atoms with van der Waals surface area (Å²) >= 11 is 0.697. The third kappa shape index (κ3) is 2.09. The number of aromatic nitrogens is 2. The van der Waals surface area contributed by atoms with Crippen LogP contribution in [0.5, 0.6) is 0 Å². The summed E-state index contributed by atoms with van der Waals surface area (Å²) in [5.41, 5.74) is 0.0396. The number of ketones is 1. The van der Waals surface area contributed by atoms with Gasteiger partial charge in [-0.25, -0.2) is 4.98 Å². The molecule has 2 heterocycles. The van der Waals surface area contributed by atoms with Crippen LogP contribution in [0, 0.1) is 0 Å². The van der Waals surface area contributed by atoms with Crippen molar-refractivity contribution in [2.75, 3.05) is 0 Å². The third-order valence-corrected chi connectivity index (χ3v) is 3.66. The Bertz CT molecular complexity index is 788. The number of carbonyl (C=O) groups is 1. The second-order valence-electron chi connectivity index (χ2n) is 4.11. The molecule has 102 valence electrons. The first-order chi connectivity index (χ1) is 9.47. The van der Waals surface area contributed by atoms with E-state index in [1.165, 1.54) is 6.20 Å². The minimum atomic E-state index is -4.53. The van der Waals surface area contributed by atoms with Gasteiger partial charge >= 0.3 is 6.18 Å². The number of hydrogen-bond donors (Lipinski definition) is 1. The number of nitrogens with zero attached hydrogens (tertiary/aromatic N) is 1. The molecule has 0 aliphatic rings. The molecule has 1 aromatic carbocycles. The van der Waals surface area contributed by atoms with E-state index in [0.717, 1.165) is 10.9 Å². The lowest BCUT2D eigenvalue weighted by Crippen LogP contribution is -2.07. The Balaban J connectivity index is 2.03. The van der Waals surface area contributed by atoms with Gasteiger partial charge in [0.1, 0.15) is 0 Å². The van der Waals surface area contributed by atoms with Crippen molar-refractivity contribution in [3.05, 3.63) is 52.1 Å². The average molecular weight is 296 g/mol. The Hall–Kier alpha value is -2.15. The van der Waals surface area contributed by atoms with E-state index in [-0.39, 0.29) is 5.01 Å².